The minimum Gasteiger partial charge on any atom is -0.398 e. The molecule has 2 aromatic rings. The van der Waals surface area contributed by atoms with Crippen molar-refractivity contribution in [3.8, 4) is 0 Å². The van der Waals surface area contributed by atoms with Gasteiger partial charge in [0.25, 0.3) is 0 Å². The second-order valence-electron chi connectivity index (χ2n) is 4.73. The zero-order valence-electron chi connectivity index (χ0n) is 10.5. The quantitative estimate of drug-likeness (QED) is 0.852. The van der Waals surface area contributed by atoms with Gasteiger partial charge in [0.05, 0.1) is 6.10 Å². The first kappa shape index (κ1) is 12.7. The number of rotatable bonds is 3. The lowest BCUT2D eigenvalue weighted by Crippen LogP contribution is -2.19. The summed E-state index contributed by atoms with van der Waals surface area (Å²) in [5, 5.41) is 5.40. The first-order valence-corrected chi connectivity index (χ1v) is 7.23. The van der Waals surface area contributed by atoms with Crippen LogP contribution >= 0.6 is 15.9 Å². The largest absolute Gasteiger partial charge is 0.398 e. The first-order chi connectivity index (χ1) is 9.25. The highest BCUT2D eigenvalue weighted by Crippen LogP contribution is 2.32. The van der Waals surface area contributed by atoms with Crippen molar-refractivity contribution in [3.05, 3.63) is 28.9 Å². The molecule has 0 aliphatic carbocycles. The predicted molar refractivity (Wildman–Crippen MR) is 81.3 cm³/mol. The Hall–Kier alpha value is -1.33. The summed E-state index contributed by atoms with van der Waals surface area (Å²) in [6.07, 6.45) is 4.33. The molecule has 2 heterocycles. The van der Waals surface area contributed by atoms with Crippen molar-refractivity contribution in [2.24, 2.45) is 0 Å². The number of nitrogens with two attached hydrogens (primary N) is 1. The van der Waals surface area contributed by atoms with Crippen molar-refractivity contribution in [3.63, 3.8) is 0 Å². The normalized spacial score (nSPS) is 18.9. The van der Waals surface area contributed by atoms with E-state index in [0.29, 0.717) is 0 Å². The Morgan fingerprint density at radius 2 is 2.32 bits per heavy atom. The average Bonchev–Trinajstić information content (AvgIpc) is 2.94. The zero-order valence-corrected chi connectivity index (χ0v) is 12.1. The molecular weight excluding hydrogens is 306 g/mol. The minimum absolute atomic E-state index is 0.283. The maximum Gasteiger partial charge on any atom is 0.136 e. The summed E-state index contributed by atoms with van der Waals surface area (Å²) in [4.78, 5) is 4.40. The molecule has 1 fully saturated rings. The van der Waals surface area contributed by atoms with E-state index < -0.39 is 0 Å². The Bertz CT molecular complexity index is 597. The lowest BCUT2D eigenvalue weighted by Gasteiger charge is -2.14. The number of anilines is 2. The van der Waals surface area contributed by atoms with Crippen molar-refractivity contribution < 1.29 is 4.74 Å². The number of ether oxygens (including phenoxy) is 1. The van der Waals surface area contributed by atoms with Gasteiger partial charge in [-0.25, -0.2) is 4.98 Å². The van der Waals surface area contributed by atoms with Crippen molar-refractivity contribution in [2.75, 3.05) is 24.2 Å². The van der Waals surface area contributed by atoms with Crippen LogP contribution in [-0.2, 0) is 4.74 Å². The molecule has 1 aromatic carbocycles. The molecule has 1 aromatic heterocycles. The van der Waals surface area contributed by atoms with Gasteiger partial charge in [0.2, 0.25) is 0 Å². The van der Waals surface area contributed by atoms with E-state index in [1.807, 2.05) is 18.2 Å². The summed E-state index contributed by atoms with van der Waals surface area (Å²) in [6, 6.07) is 5.82. The number of fused-ring (bicyclic) bond motifs is 1. The number of hydrogen-bond acceptors (Lipinski definition) is 4. The lowest BCUT2D eigenvalue weighted by atomic mass is 10.1. The molecule has 19 heavy (non-hydrogen) atoms. The summed E-state index contributed by atoms with van der Waals surface area (Å²) >= 11 is 3.55. The number of nitrogen functional groups attached to an aromatic ring is 1. The third-order valence-corrected chi connectivity index (χ3v) is 4.12. The predicted octanol–water partition coefficient (Wildman–Crippen LogP) is 3.17. The molecule has 0 spiro atoms. The van der Waals surface area contributed by atoms with Gasteiger partial charge in [-0.15, -0.1) is 0 Å². The van der Waals surface area contributed by atoms with E-state index in [1.165, 1.54) is 0 Å². The monoisotopic (exact) mass is 321 g/mol. The van der Waals surface area contributed by atoms with Gasteiger partial charge in [-0.05, 0) is 31.0 Å². The van der Waals surface area contributed by atoms with Gasteiger partial charge in [0, 0.05) is 40.3 Å². The topological polar surface area (TPSA) is 60.2 Å². The van der Waals surface area contributed by atoms with Crippen LogP contribution in [0.5, 0.6) is 0 Å². The third-order valence-electron chi connectivity index (χ3n) is 3.43. The molecule has 1 aliphatic heterocycles. The fourth-order valence-corrected chi connectivity index (χ4v) is 2.90. The van der Waals surface area contributed by atoms with Gasteiger partial charge >= 0.3 is 0 Å². The van der Waals surface area contributed by atoms with E-state index >= 15 is 0 Å². The Morgan fingerprint density at radius 1 is 1.42 bits per heavy atom. The van der Waals surface area contributed by atoms with E-state index in [4.69, 9.17) is 10.5 Å². The molecule has 0 saturated carbocycles. The Labute approximate surface area is 120 Å². The number of nitrogens with zero attached hydrogens (tertiary/aromatic N) is 1. The Kier molecular flexibility index (Phi) is 3.57. The fraction of sp³-hybridized carbons (Fsp3) is 0.357. The van der Waals surface area contributed by atoms with Crippen LogP contribution in [0.3, 0.4) is 0 Å². The molecule has 3 rings (SSSR count). The smallest absolute Gasteiger partial charge is 0.136 e. The van der Waals surface area contributed by atoms with Gasteiger partial charge in [-0.2, -0.15) is 0 Å². The van der Waals surface area contributed by atoms with Gasteiger partial charge in [0.15, 0.2) is 0 Å². The summed E-state index contributed by atoms with van der Waals surface area (Å²) < 4.78 is 6.64. The maximum atomic E-state index is 6.08. The van der Waals surface area contributed by atoms with Gasteiger partial charge in [0.1, 0.15) is 5.82 Å². The van der Waals surface area contributed by atoms with Crippen LogP contribution < -0.4 is 11.1 Å². The first-order valence-electron chi connectivity index (χ1n) is 6.44. The van der Waals surface area contributed by atoms with Crippen molar-refractivity contribution in [1.82, 2.24) is 4.98 Å². The molecule has 1 aliphatic rings. The van der Waals surface area contributed by atoms with Crippen LogP contribution in [0.15, 0.2) is 28.9 Å². The average molecular weight is 322 g/mol. The highest BCUT2D eigenvalue weighted by atomic mass is 79.9. The number of nitrogens with one attached hydrogen (secondary N) is 1. The molecule has 1 saturated heterocycles. The van der Waals surface area contributed by atoms with E-state index in [9.17, 15) is 0 Å². The number of aromatic nitrogens is 1. The number of pyridine rings is 1. The fourth-order valence-electron chi connectivity index (χ4n) is 2.44. The molecular formula is C14H16BrN3O. The summed E-state index contributed by atoms with van der Waals surface area (Å²) in [6.45, 7) is 1.64. The van der Waals surface area contributed by atoms with Crippen molar-refractivity contribution in [1.29, 1.82) is 0 Å². The highest BCUT2D eigenvalue weighted by Gasteiger charge is 2.16. The molecule has 100 valence electrons. The van der Waals surface area contributed by atoms with Crippen LogP contribution in [0.4, 0.5) is 11.5 Å². The second kappa shape index (κ2) is 5.35. The maximum absolute atomic E-state index is 6.08. The standard InChI is InChI=1S/C14H16BrN3O/c15-11-3-4-12(16)13-10(11)5-6-17-14(13)18-8-9-2-1-7-19-9/h3-6,9H,1-2,7-8,16H2,(H,17,18). The number of benzene rings is 1. The molecule has 3 N–H and O–H groups in total. The summed E-state index contributed by atoms with van der Waals surface area (Å²) in [5.41, 5.74) is 6.81. The Balaban J connectivity index is 1.92. The van der Waals surface area contributed by atoms with Crippen LogP contribution in [0.2, 0.25) is 0 Å². The van der Waals surface area contributed by atoms with Gasteiger partial charge in [-0.1, -0.05) is 15.9 Å². The van der Waals surface area contributed by atoms with E-state index in [1.54, 1.807) is 6.20 Å². The van der Waals surface area contributed by atoms with Crippen LogP contribution in [-0.4, -0.2) is 24.2 Å². The van der Waals surface area contributed by atoms with Crippen molar-refractivity contribution >= 4 is 38.2 Å². The molecule has 0 radical (unpaired) electrons. The third kappa shape index (κ3) is 2.53. The number of halogens is 1. The minimum atomic E-state index is 0.283. The zero-order chi connectivity index (χ0) is 13.2. The van der Waals surface area contributed by atoms with Crippen LogP contribution in [0.1, 0.15) is 12.8 Å². The van der Waals surface area contributed by atoms with E-state index in [0.717, 1.165) is 52.7 Å². The Morgan fingerprint density at radius 3 is 3.11 bits per heavy atom. The molecule has 4 nitrogen and oxygen atoms in total. The molecule has 0 amide bonds. The van der Waals surface area contributed by atoms with Crippen molar-refractivity contribution in [2.45, 2.75) is 18.9 Å². The van der Waals surface area contributed by atoms with Gasteiger partial charge < -0.3 is 15.8 Å². The van der Waals surface area contributed by atoms with Gasteiger partial charge in [-0.3, -0.25) is 0 Å². The molecule has 0 bridgehead atoms. The lowest BCUT2D eigenvalue weighted by molar-refractivity contribution is 0.120. The summed E-state index contributed by atoms with van der Waals surface area (Å²) in [7, 11) is 0. The molecule has 5 heteroatoms. The molecule has 1 unspecified atom stereocenters. The SMILES string of the molecule is Nc1ccc(Br)c2ccnc(NCC3CCCO3)c12. The second-order valence-corrected chi connectivity index (χ2v) is 5.59. The van der Waals surface area contributed by atoms with Crippen LogP contribution in [0, 0.1) is 0 Å². The highest BCUT2D eigenvalue weighted by molar-refractivity contribution is 9.10. The molecule has 1 atom stereocenters. The summed E-state index contributed by atoms with van der Waals surface area (Å²) in [5.74, 6) is 0.826. The number of hydrogen-bond donors (Lipinski definition) is 2. The van der Waals surface area contributed by atoms with E-state index in [2.05, 4.69) is 26.2 Å². The van der Waals surface area contributed by atoms with E-state index in [-0.39, 0.29) is 6.10 Å². The van der Waals surface area contributed by atoms with Crippen LogP contribution in [0.25, 0.3) is 10.8 Å².